The second-order valence-electron chi connectivity index (χ2n) is 5.98. The monoisotopic (exact) mass is 347 g/mol. The SMILES string of the molecule is N#Cc1cncc(N[C@@H]2CN(CC(F)(F)F)C[C@H]2c2ccccc2)n1. The van der Waals surface area contributed by atoms with E-state index < -0.39 is 12.7 Å². The summed E-state index contributed by atoms with van der Waals surface area (Å²) in [6, 6.07) is 11.1. The Bertz CT molecular complexity index is 757. The van der Waals surface area contributed by atoms with Gasteiger partial charge in [0.05, 0.1) is 18.9 Å². The number of alkyl halides is 3. The Labute approximate surface area is 143 Å². The average Bonchev–Trinajstić information content (AvgIpc) is 2.96. The summed E-state index contributed by atoms with van der Waals surface area (Å²) < 4.78 is 38.3. The van der Waals surface area contributed by atoms with Crippen molar-refractivity contribution in [3.05, 3.63) is 54.0 Å². The van der Waals surface area contributed by atoms with Gasteiger partial charge in [-0.05, 0) is 5.56 Å². The minimum atomic E-state index is -4.24. The first-order valence-corrected chi connectivity index (χ1v) is 7.77. The fourth-order valence-electron chi connectivity index (χ4n) is 3.13. The Hall–Kier alpha value is -2.66. The standard InChI is InChI=1S/C17H16F3N5/c18-17(19,20)11-25-9-14(12-4-2-1-3-5-12)15(10-25)24-16-8-22-7-13(6-21)23-16/h1-5,7-8,14-15H,9-11H2,(H,23,24)/t14-,15+/m0/s1. The van der Waals surface area contributed by atoms with E-state index in [1.54, 1.807) is 0 Å². The molecule has 0 aliphatic carbocycles. The summed E-state index contributed by atoms with van der Waals surface area (Å²) in [6.07, 6.45) is -1.43. The van der Waals surface area contributed by atoms with Gasteiger partial charge in [0.15, 0.2) is 5.69 Å². The van der Waals surface area contributed by atoms with E-state index in [9.17, 15) is 13.2 Å². The zero-order valence-corrected chi connectivity index (χ0v) is 13.2. The Kier molecular flexibility index (Phi) is 4.86. The van der Waals surface area contributed by atoms with Gasteiger partial charge in [-0.25, -0.2) is 4.98 Å². The first kappa shape index (κ1) is 17.2. The van der Waals surface area contributed by atoms with E-state index >= 15 is 0 Å². The van der Waals surface area contributed by atoms with Gasteiger partial charge in [0.1, 0.15) is 11.9 Å². The van der Waals surface area contributed by atoms with Gasteiger partial charge < -0.3 is 5.32 Å². The van der Waals surface area contributed by atoms with E-state index in [2.05, 4.69) is 15.3 Å². The smallest absolute Gasteiger partial charge is 0.364 e. The molecule has 8 heteroatoms. The van der Waals surface area contributed by atoms with E-state index in [0.29, 0.717) is 12.4 Å². The zero-order chi connectivity index (χ0) is 17.9. The molecule has 2 heterocycles. The molecule has 0 saturated carbocycles. The molecule has 25 heavy (non-hydrogen) atoms. The number of rotatable bonds is 4. The summed E-state index contributed by atoms with van der Waals surface area (Å²) in [5, 5.41) is 12.1. The second kappa shape index (κ2) is 7.07. The van der Waals surface area contributed by atoms with Crippen molar-refractivity contribution < 1.29 is 13.2 Å². The number of hydrogen-bond acceptors (Lipinski definition) is 5. The molecule has 0 bridgehead atoms. The zero-order valence-electron chi connectivity index (χ0n) is 13.2. The van der Waals surface area contributed by atoms with Crippen LogP contribution in [0.2, 0.25) is 0 Å². The van der Waals surface area contributed by atoms with Crippen molar-refractivity contribution in [3.8, 4) is 6.07 Å². The van der Waals surface area contributed by atoms with Gasteiger partial charge in [0.25, 0.3) is 0 Å². The molecule has 1 aromatic carbocycles. The normalized spacial score (nSPS) is 21.0. The van der Waals surface area contributed by atoms with Gasteiger partial charge in [0, 0.05) is 25.0 Å². The third-order valence-electron chi connectivity index (χ3n) is 4.11. The third kappa shape index (κ3) is 4.45. The number of nitrogens with one attached hydrogen (secondary N) is 1. The molecule has 1 aliphatic rings. The maximum atomic E-state index is 12.8. The number of halogens is 3. The van der Waals surface area contributed by atoms with Gasteiger partial charge in [-0.1, -0.05) is 30.3 Å². The summed E-state index contributed by atoms with van der Waals surface area (Å²) >= 11 is 0. The summed E-state index contributed by atoms with van der Waals surface area (Å²) in [5.74, 6) is 0.273. The highest BCUT2D eigenvalue weighted by Crippen LogP contribution is 2.31. The van der Waals surface area contributed by atoms with Crippen LogP contribution in [0, 0.1) is 11.3 Å². The summed E-state index contributed by atoms with van der Waals surface area (Å²) in [7, 11) is 0. The van der Waals surface area contributed by atoms with Crippen LogP contribution >= 0.6 is 0 Å². The molecule has 0 unspecified atom stereocenters. The average molecular weight is 347 g/mol. The molecule has 1 aromatic heterocycles. The van der Waals surface area contributed by atoms with Crippen LogP contribution in [0.5, 0.6) is 0 Å². The maximum Gasteiger partial charge on any atom is 0.401 e. The molecular weight excluding hydrogens is 331 g/mol. The van der Waals surface area contributed by atoms with Crippen LogP contribution in [0.4, 0.5) is 19.0 Å². The molecule has 1 fully saturated rings. The Morgan fingerprint density at radius 1 is 1.20 bits per heavy atom. The van der Waals surface area contributed by atoms with Crippen molar-refractivity contribution in [3.63, 3.8) is 0 Å². The van der Waals surface area contributed by atoms with Crippen molar-refractivity contribution in [2.24, 2.45) is 0 Å². The fourth-order valence-corrected chi connectivity index (χ4v) is 3.13. The molecule has 0 amide bonds. The van der Waals surface area contributed by atoms with E-state index in [4.69, 9.17) is 5.26 Å². The van der Waals surface area contributed by atoms with Gasteiger partial charge in [-0.15, -0.1) is 0 Å². The largest absolute Gasteiger partial charge is 0.401 e. The van der Waals surface area contributed by atoms with Crippen molar-refractivity contribution in [1.82, 2.24) is 14.9 Å². The molecular formula is C17H16F3N5. The van der Waals surface area contributed by atoms with Crippen LogP contribution in [0.1, 0.15) is 17.2 Å². The molecule has 0 spiro atoms. The molecule has 1 aliphatic heterocycles. The molecule has 5 nitrogen and oxygen atoms in total. The highest BCUT2D eigenvalue weighted by atomic mass is 19.4. The van der Waals surface area contributed by atoms with Crippen LogP contribution in [-0.4, -0.2) is 46.7 Å². The van der Waals surface area contributed by atoms with Crippen molar-refractivity contribution in [1.29, 1.82) is 5.26 Å². The lowest BCUT2D eigenvalue weighted by Crippen LogP contribution is -2.34. The van der Waals surface area contributed by atoms with E-state index in [1.165, 1.54) is 17.3 Å². The van der Waals surface area contributed by atoms with Crippen molar-refractivity contribution >= 4 is 5.82 Å². The Morgan fingerprint density at radius 2 is 1.96 bits per heavy atom. The second-order valence-corrected chi connectivity index (χ2v) is 5.98. The quantitative estimate of drug-likeness (QED) is 0.921. The van der Waals surface area contributed by atoms with Gasteiger partial charge >= 0.3 is 6.18 Å². The molecule has 1 saturated heterocycles. The number of aromatic nitrogens is 2. The van der Waals surface area contributed by atoms with Crippen molar-refractivity contribution in [2.75, 3.05) is 25.0 Å². The molecule has 130 valence electrons. The lowest BCUT2D eigenvalue weighted by molar-refractivity contribution is -0.143. The first-order chi connectivity index (χ1) is 11.9. The van der Waals surface area contributed by atoms with Crippen LogP contribution in [0.3, 0.4) is 0 Å². The summed E-state index contributed by atoms with van der Waals surface area (Å²) in [6.45, 7) is -0.414. The van der Waals surface area contributed by atoms with Gasteiger partial charge in [0.2, 0.25) is 0 Å². The van der Waals surface area contributed by atoms with Crippen LogP contribution in [0.15, 0.2) is 42.7 Å². The third-order valence-corrected chi connectivity index (χ3v) is 4.11. The fraction of sp³-hybridized carbons (Fsp3) is 0.353. The molecule has 2 atom stereocenters. The van der Waals surface area contributed by atoms with Gasteiger partial charge in [-0.2, -0.15) is 18.4 Å². The predicted molar refractivity (Wildman–Crippen MR) is 85.8 cm³/mol. The summed E-state index contributed by atoms with van der Waals surface area (Å²) in [5.41, 5.74) is 1.13. The van der Waals surface area contributed by atoms with Crippen molar-refractivity contribution in [2.45, 2.75) is 18.1 Å². The lowest BCUT2D eigenvalue weighted by Gasteiger charge is -2.20. The van der Waals surface area contributed by atoms with E-state index in [1.807, 2.05) is 36.4 Å². The number of hydrogen-bond donors (Lipinski definition) is 1. The topological polar surface area (TPSA) is 64.8 Å². The Morgan fingerprint density at radius 3 is 2.64 bits per heavy atom. The number of likely N-dealkylation sites (tertiary alicyclic amines) is 1. The minimum Gasteiger partial charge on any atom is -0.364 e. The first-order valence-electron chi connectivity index (χ1n) is 7.77. The molecule has 0 radical (unpaired) electrons. The van der Waals surface area contributed by atoms with E-state index in [0.717, 1.165) is 5.56 Å². The highest BCUT2D eigenvalue weighted by molar-refractivity contribution is 5.39. The summed E-state index contributed by atoms with van der Waals surface area (Å²) in [4.78, 5) is 9.43. The number of nitrogens with zero attached hydrogens (tertiary/aromatic N) is 4. The van der Waals surface area contributed by atoms with Crippen LogP contribution in [-0.2, 0) is 0 Å². The van der Waals surface area contributed by atoms with Crippen LogP contribution in [0.25, 0.3) is 0 Å². The maximum absolute atomic E-state index is 12.8. The highest BCUT2D eigenvalue weighted by Gasteiger charge is 2.39. The predicted octanol–water partition coefficient (Wildman–Crippen LogP) is 2.79. The minimum absolute atomic E-state index is 0.115. The van der Waals surface area contributed by atoms with Crippen LogP contribution < -0.4 is 5.32 Å². The lowest BCUT2D eigenvalue weighted by atomic mass is 9.94. The number of anilines is 1. The number of nitriles is 1. The molecule has 3 rings (SSSR count). The Balaban J connectivity index is 1.81. The molecule has 2 aromatic rings. The molecule has 1 N–H and O–H groups in total. The number of benzene rings is 1. The van der Waals surface area contributed by atoms with Gasteiger partial charge in [-0.3, -0.25) is 9.88 Å². The van der Waals surface area contributed by atoms with E-state index in [-0.39, 0.29) is 24.2 Å².